The van der Waals surface area contributed by atoms with E-state index in [2.05, 4.69) is 35.3 Å². The summed E-state index contributed by atoms with van der Waals surface area (Å²) >= 11 is 0. The van der Waals surface area contributed by atoms with E-state index < -0.39 is 0 Å². The maximum Gasteiger partial charge on any atom is 0.307 e. The molecule has 0 radical (unpaired) electrons. The Labute approximate surface area is 96.4 Å². The van der Waals surface area contributed by atoms with Crippen LogP contribution in [0, 0.1) is 0 Å². The highest BCUT2D eigenvalue weighted by molar-refractivity contribution is 5.66. The molecule has 3 nitrogen and oxygen atoms in total. The van der Waals surface area contributed by atoms with Gasteiger partial charge in [0.25, 0.3) is 0 Å². The fourth-order valence-corrected chi connectivity index (χ4v) is 0.903. The smallest absolute Gasteiger partial charge is 0.307 e. The number of nitrogens with one attached hydrogen (secondary N) is 1. The third-order valence-corrected chi connectivity index (χ3v) is 1.54. The van der Waals surface area contributed by atoms with Crippen LogP contribution in [0.2, 0.25) is 0 Å². The van der Waals surface area contributed by atoms with Gasteiger partial charge in [-0.2, -0.15) is 0 Å². The van der Waals surface area contributed by atoms with Gasteiger partial charge in [-0.15, -0.1) is 0 Å². The Morgan fingerprint density at radius 1 is 1.38 bits per heavy atom. The first kappa shape index (κ1) is 14.0. The Morgan fingerprint density at radius 2 is 2.00 bits per heavy atom. The second-order valence-electron chi connectivity index (χ2n) is 2.85. The van der Waals surface area contributed by atoms with Gasteiger partial charge in [-0.25, -0.2) is 0 Å². The number of esters is 1. The molecule has 86 valence electrons. The zero-order valence-electron chi connectivity index (χ0n) is 9.48. The van der Waals surface area contributed by atoms with Gasteiger partial charge >= 0.3 is 5.97 Å². The van der Waals surface area contributed by atoms with Crippen molar-refractivity contribution in [2.45, 2.75) is 13.5 Å². The lowest BCUT2D eigenvalue weighted by Crippen LogP contribution is -2.02. The zero-order valence-corrected chi connectivity index (χ0v) is 9.48. The summed E-state index contributed by atoms with van der Waals surface area (Å²) in [5.41, 5.74) is 1.28. The summed E-state index contributed by atoms with van der Waals surface area (Å²) in [6, 6.07) is 10.2. The number of ether oxygens (including phenoxy) is 1. The van der Waals surface area contributed by atoms with E-state index in [0.717, 1.165) is 12.8 Å². The third kappa shape index (κ3) is 8.56. The normalized spacial score (nSPS) is 8.06. The number of rotatable bonds is 4. The van der Waals surface area contributed by atoms with Gasteiger partial charge in [0.1, 0.15) is 0 Å². The minimum atomic E-state index is -0.329. The summed E-state index contributed by atoms with van der Waals surface area (Å²) < 4.78 is 4.17. The molecule has 1 rings (SSSR count). The van der Waals surface area contributed by atoms with Gasteiger partial charge in [-0.1, -0.05) is 43.5 Å². The molecule has 1 N–H and O–H groups in total. The van der Waals surface area contributed by atoms with Crippen LogP contribution < -0.4 is 5.32 Å². The molecule has 1 aromatic carbocycles. The predicted octanol–water partition coefficient (Wildman–Crippen LogP) is 2.61. The molecule has 0 aliphatic heterocycles. The van der Waals surface area contributed by atoms with E-state index in [4.69, 9.17) is 0 Å². The SMILES string of the molecule is C=CNCc1ccccc1.C=COC(C)=O. The molecule has 0 bridgehead atoms. The minimum Gasteiger partial charge on any atom is -0.435 e. The van der Waals surface area contributed by atoms with Crippen LogP contribution >= 0.6 is 0 Å². The Kier molecular flexibility index (Phi) is 8.31. The van der Waals surface area contributed by atoms with Gasteiger partial charge in [-0.3, -0.25) is 4.79 Å². The number of hydrogen-bond acceptors (Lipinski definition) is 3. The molecule has 0 aliphatic rings. The first-order valence-corrected chi connectivity index (χ1v) is 4.87. The lowest BCUT2D eigenvalue weighted by Gasteiger charge is -1.98. The Hall–Kier alpha value is -2.03. The van der Waals surface area contributed by atoms with Crippen molar-refractivity contribution in [2.24, 2.45) is 0 Å². The highest BCUT2D eigenvalue weighted by Crippen LogP contribution is 1.96. The topological polar surface area (TPSA) is 38.3 Å². The Balaban J connectivity index is 0.000000325. The largest absolute Gasteiger partial charge is 0.435 e. The van der Waals surface area contributed by atoms with Crippen molar-refractivity contribution in [3.05, 3.63) is 61.5 Å². The zero-order chi connectivity index (χ0) is 12.2. The highest BCUT2D eigenvalue weighted by Gasteiger charge is 1.84. The van der Waals surface area contributed by atoms with Crippen molar-refractivity contribution in [1.82, 2.24) is 5.32 Å². The molecule has 0 aliphatic carbocycles. The van der Waals surface area contributed by atoms with Gasteiger partial charge in [-0.05, 0) is 11.8 Å². The Morgan fingerprint density at radius 3 is 2.38 bits per heavy atom. The van der Waals surface area contributed by atoms with Crippen molar-refractivity contribution < 1.29 is 9.53 Å². The van der Waals surface area contributed by atoms with Gasteiger partial charge in [0.05, 0.1) is 6.26 Å². The maximum atomic E-state index is 9.75. The van der Waals surface area contributed by atoms with Crippen LogP contribution in [0.25, 0.3) is 0 Å². The molecule has 0 atom stereocenters. The van der Waals surface area contributed by atoms with E-state index in [1.807, 2.05) is 18.2 Å². The summed E-state index contributed by atoms with van der Waals surface area (Å²) in [6.45, 7) is 8.91. The van der Waals surface area contributed by atoms with Crippen LogP contribution in [0.1, 0.15) is 12.5 Å². The second-order valence-corrected chi connectivity index (χ2v) is 2.85. The van der Waals surface area contributed by atoms with E-state index in [1.165, 1.54) is 12.5 Å². The van der Waals surface area contributed by atoms with E-state index >= 15 is 0 Å². The van der Waals surface area contributed by atoms with Gasteiger partial charge in [0, 0.05) is 13.5 Å². The average Bonchev–Trinajstić information content (AvgIpc) is 2.28. The standard InChI is InChI=1S/C9H11N.C4H6O2/c1-2-10-8-9-6-4-3-5-7-9;1-3-6-4(2)5/h2-7,10H,1,8H2;3H,1H2,2H3. The number of hydrogen-bond donors (Lipinski definition) is 1. The van der Waals surface area contributed by atoms with Gasteiger partial charge in [0.15, 0.2) is 0 Å². The van der Waals surface area contributed by atoms with Crippen molar-refractivity contribution in [2.75, 3.05) is 0 Å². The minimum absolute atomic E-state index is 0.329. The molecule has 0 heterocycles. The molecular weight excluding hydrogens is 202 g/mol. The van der Waals surface area contributed by atoms with E-state index in [1.54, 1.807) is 6.20 Å². The second kappa shape index (κ2) is 9.52. The highest BCUT2D eigenvalue weighted by atomic mass is 16.5. The van der Waals surface area contributed by atoms with Gasteiger partial charge in [0.2, 0.25) is 0 Å². The number of benzene rings is 1. The molecule has 0 saturated heterocycles. The fraction of sp³-hybridized carbons (Fsp3) is 0.154. The van der Waals surface area contributed by atoms with Crippen molar-refractivity contribution in [3.8, 4) is 0 Å². The first-order valence-electron chi connectivity index (χ1n) is 4.87. The summed E-state index contributed by atoms with van der Waals surface area (Å²) in [5, 5.41) is 3.03. The quantitative estimate of drug-likeness (QED) is 0.625. The molecule has 3 heteroatoms. The van der Waals surface area contributed by atoms with Crippen molar-refractivity contribution in [3.63, 3.8) is 0 Å². The van der Waals surface area contributed by atoms with Crippen molar-refractivity contribution >= 4 is 5.97 Å². The van der Waals surface area contributed by atoms with Crippen LogP contribution in [0.15, 0.2) is 56.0 Å². The van der Waals surface area contributed by atoms with Crippen LogP contribution in [-0.4, -0.2) is 5.97 Å². The molecule has 0 fully saturated rings. The molecule has 0 amide bonds. The first-order chi connectivity index (χ1) is 7.70. The lowest BCUT2D eigenvalue weighted by molar-refractivity contribution is -0.135. The van der Waals surface area contributed by atoms with Crippen LogP contribution in [0.5, 0.6) is 0 Å². The van der Waals surface area contributed by atoms with Crippen LogP contribution in [0.4, 0.5) is 0 Å². The van der Waals surface area contributed by atoms with E-state index in [9.17, 15) is 4.79 Å². The average molecular weight is 219 g/mol. The summed E-state index contributed by atoms with van der Waals surface area (Å²) in [5.74, 6) is -0.329. The lowest BCUT2D eigenvalue weighted by atomic mass is 10.2. The third-order valence-electron chi connectivity index (χ3n) is 1.54. The molecule has 0 aromatic heterocycles. The maximum absolute atomic E-state index is 9.75. The molecule has 1 aromatic rings. The van der Waals surface area contributed by atoms with Crippen molar-refractivity contribution in [1.29, 1.82) is 0 Å². The molecule has 0 spiro atoms. The van der Waals surface area contributed by atoms with Crippen LogP contribution in [0.3, 0.4) is 0 Å². The van der Waals surface area contributed by atoms with Crippen LogP contribution in [-0.2, 0) is 16.1 Å². The van der Waals surface area contributed by atoms with E-state index in [0.29, 0.717) is 0 Å². The number of carbonyl (C=O) groups excluding carboxylic acids is 1. The molecule has 16 heavy (non-hydrogen) atoms. The fourth-order valence-electron chi connectivity index (χ4n) is 0.903. The van der Waals surface area contributed by atoms with E-state index in [-0.39, 0.29) is 5.97 Å². The number of carbonyl (C=O) groups is 1. The molecule has 0 unspecified atom stereocenters. The summed E-state index contributed by atoms with van der Waals surface area (Å²) in [6.07, 6.45) is 2.80. The summed E-state index contributed by atoms with van der Waals surface area (Å²) in [7, 11) is 0. The van der Waals surface area contributed by atoms with Gasteiger partial charge < -0.3 is 10.1 Å². The summed E-state index contributed by atoms with van der Waals surface area (Å²) in [4.78, 5) is 9.75. The Bertz CT molecular complexity index is 320. The predicted molar refractivity (Wildman–Crippen MR) is 65.4 cm³/mol. The molecule has 0 saturated carbocycles. The monoisotopic (exact) mass is 219 g/mol. The molecular formula is C13H17NO2.